The van der Waals surface area contributed by atoms with Crippen LogP contribution in [0.2, 0.25) is 0 Å². The summed E-state index contributed by atoms with van der Waals surface area (Å²) in [5, 5.41) is 10.0. The van der Waals surface area contributed by atoms with Gasteiger partial charge >= 0.3 is 5.97 Å². The average molecular weight is 233 g/mol. The fraction of sp³-hybridized carbons (Fsp3) is 0.308. The zero-order valence-electron chi connectivity index (χ0n) is 9.69. The van der Waals surface area contributed by atoms with Gasteiger partial charge in [0.25, 0.3) is 0 Å². The van der Waals surface area contributed by atoms with Crippen LogP contribution in [0.4, 0.5) is 0 Å². The molecule has 0 saturated heterocycles. The van der Waals surface area contributed by atoms with Gasteiger partial charge in [0.2, 0.25) is 0 Å². The van der Waals surface area contributed by atoms with E-state index >= 15 is 0 Å². The molecule has 2 rings (SSSR count). The number of nitrogens with one attached hydrogen (secondary N) is 1. The largest absolute Gasteiger partial charge is 0.462 e. The molecule has 0 bridgehead atoms. The number of fused-ring (bicyclic) bond motifs is 1. The first-order chi connectivity index (χ1) is 8.27. The Morgan fingerprint density at radius 2 is 2.18 bits per heavy atom. The first-order valence-electron chi connectivity index (χ1n) is 5.65. The van der Waals surface area contributed by atoms with Gasteiger partial charge in [-0.25, -0.2) is 4.79 Å². The number of carbonyl (C=O) groups is 1. The standard InChI is InChI=1S/C13H15NO3/c1-2-7-17-13(16)12-9-5-3-4-6-10(9)14-11(12)8-15/h3-6,14-15H,2,7-8H2,1H3. The number of benzene rings is 1. The average Bonchev–Trinajstić information content (AvgIpc) is 2.74. The summed E-state index contributed by atoms with van der Waals surface area (Å²) in [6, 6.07) is 7.44. The zero-order valence-corrected chi connectivity index (χ0v) is 9.69. The Kier molecular flexibility index (Phi) is 3.44. The highest BCUT2D eigenvalue weighted by atomic mass is 16.5. The summed E-state index contributed by atoms with van der Waals surface area (Å²) in [5.74, 6) is -0.381. The third kappa shape index (κ3) is 2.17. The molecular weight excluding hydrogens is 218 g/mol. The molecule has 0 amide bonds. The van der Waals surface area contributed by atoms with Crippen molar-refractivity contribution in [1.29, 1.82) is 0 Å². The van der Waals surface area contributed by atoms with E-state index in [4.69, 9.17) is 4.74 Å². The van der Waals surface area contributed by atoms with Gasteiger partial charge in [-0.15, -0.1) is 0 Å². The van der Waals surface area contributed by atoms with Crippen molar-refractivity contribution < 1.29 is 14.6 Å². The number of carbonyl (C=O) groups excluding carboxylic acids is 1. The maximum Gasteiger partial charge on any atom is 0.340 e. The smallest absolute Gasteiger partial charge is 0.340 e. The Balaban J connectivity index is 2.46. The molecular formula is C13H15NO3. The normalized spacial score (nSPS) is 10.7. The molecule has 90 valence electrons. The third-order valence-electron chi connectivity index (χ3n) is 2.58. The van der Waals surface area contributed by atoms with Gasteiger partial charge < -0.3 is 14.8 Å². The molecule has 2 aromatic rings. The number of aromatic nitrogens is 1. The molecule has 2 N–H and O–H groups in total. The molecule has 1 aromatic heterocycles. The lowest BCUT2D eigenvalue weighted by atomic mass is 10.1. The van der Waals surface area contributed by atoms with Gasteiger partial charge in [0.1, 0.15) is 0 Å². The van der Waals surface area contributed by atoms with Crippen molar-refractivity contribution in [1.82, 2.24) is 4.98 Å². The van der Waals surface area contributed by atoms with Crippen molar-refractivity contribution >= 4 is 16.9 Å². The number of aromatic amines is 1. The van der Waals surface area contributed by atoms with Crippen LogP contribution in [0.15, 0.2) is 24.3 Å². The van der Waals surface area contributed by atoms with Gasteiger partial charge in [0, 0.05) is 10.9 Å². The fourth-order valence-electron chi connectivity index (χ4n) is 1.82. The van der Waals surface area contributed by atoms with Crippen molar-refractivity contribution in [3.63, 3.8) is 0 Å². The van der Waals surface area contributed by atoms with E-state index in [1.165, 1.54) is 0 Å². The minimum atomic E-state index is -0.381. The molecule has 0 aliphatic heterocycles. The number of hydrogen-bond acceptors (Lipinski definition) is 3. The molecule has 0 aliphatic carbocycles. The highest BCUT2D eigenvalue weighted by Gasteiger charge is 2.18. The van der Waals surface area contributed by atoms with Crippen molar-refractivity contribution in [2.75, 3.05) is 6.61 Å². The van der Waals surface area contributed by atoms with Crippen LogP contribution in [0.5, 0.6) is 0 Å². The summed E-state index contributed by atoms with van der Waals surface area (Å²) >= 11 is 0. The van der Waals surface area contributed by atoms with Crippen molar-refractivity contribution in [2.45, 2.75) is 20.0 Å². The lowest BCUT2D eigenvalue weighted by Crippen LogP contribution is -2.08. The molecule has 0 radical (unpaired) electrons. The number of aliphatic hydroxyl groups is 1. The van der Waals surface area contributed by atoms with Crippen LogP contribution >= 0.6 is 0 Å². The molecule has 0 aliphatic rings. The van der Waals surface area contributed by atoms with Gasteiger partial charge in [0.15, 0.2) is 0 Å². The predicted octanol–water partition coefficient (Wildman–Crippen LogP) is 2.23. The molecule has 0 unspecified atom stereocenters. The first-order valence-corrected chi connectivity index (χ1v) is 5.65. The van der Waals surface area contributed by atoms with E-state index in [2.05, 4.69) is 4.98 Å². The highest BCUT2D eigenvalue weighted by molar-refractivity contribution is 6.05. The Bertz CT molecular complexity index is 530. The second kappa shape index (κ2) is 5.01. The number of aliphatic hydroxyl groups excluding tert-OH is 1. The Morgan fingerprint density at radius 1 is 1.41 bits per heavy atom. The maximum atomic E-state index is 11.9. The van der Waals surface area contributed by atoms with Gasteiger partial charge in [-0.1, -0.05) is 25.1 Å². The minimum Gasteiger partial charge on any atom is -0.462 e. The number of H-pyrrole nitrogens is 1. The van der Waals surface area contributed by atoms with Gasteiger partial charge in [-0.2, -0.15) is 0 Å². The zero-order chi connectivity index (χ0) is 12.3. The molecule has 4 nitrogen and oxygen atoms in total. The number of hydrogen-bond donors (Lipinski definition) is 2. The van der Waals surface area contributed by atoms with E-state index < -0.39 is 0 Å². The van der Waals surface area contributed by atoms with Gasteiger partial charge in [0.05, 0.1) is 24.5 Å². The molecule has 0 atom stereocenters. The number of para-hydroxylation sites is 1. The Morgan fingerprint density at radius 3 is 2.88 bits per heavy atom. The minimum absolute atomic E-state index is 0.203. The summed E-state index contributed by atoms with van der Waals surface area (Å²) in [7, 11) is 0. The van der Waals surface area contributed by atoms with Gasteiger partial charge in [-0.3, -0.25) is 0 Å². The number of rotatable bonds is 4. The second-order valence-electron chi connectivity index (χ2n) is 3.82. The fourth-order valence-corrected chi connectivity index (χ4v) is 1.82. The van der Waals surface area contributed by atoms with Crippen LogP contribution in [0.25, 0.3) is 10.9 Å². The van der Waals surface area contributed by atoms with Crippen molar-refractivity contribution in [2.24, 2.45) is 0 Å². The topological polar surface area (TPSA) is 62.3 Å². The highest BCUT2D eigenvalue weighted by Crippen LogP contribution is 2.23. The summed E-state index contributed by atoms with van der Waals surface area (Å²) in [4.78, 5) is 14.9. The van der Waals surface area contributed by atoms with E-state index in [9.17, 15) is 9.90 Å². The van der Waals surface area contributed by atoms with E-state index in [0.717, 1.165) is 17.3 Å². The molecule has 1 aromatic carbocycles. The molecule has 0 fully saturated rings. The van der Waals surface area contributed by atoms with Crippen molar-refractivity contribution in [3.05, 3.63) is 35.5 Å². The Labute approximate surface area is 99.2 Å². The van der Waals surface area contributed by atoms with Gasteiger partial charge in [-0.05, 0) is 12.5 Å². The molecule has 17 heavy (non-hydrogen) atoms. The lowest BCUT2D eigenvalue weighted by molar-refractivity contribution is 0.0504. The molecule has 1 heterocycles. The summed E-state index contributed by atoms with van der Waals surface area (Å²) < 4.78 is 5.12. The maximum absolute atomic E-state index is 11.9. The van der Waals surface area contributed by atoms with Crippen LogP contribution in [0.3, 0.4) is 0 Å². The second-order valence-corrected chi connectivity index (χ2v) is 3.82. The van der Waals surface area contributed by atoms with Crippen LogP contribution in [0, 0.1) is 0 Å². The first kappa shape index (κ1) is 11.7. The van der Waals surface area contributed by atoms with E-state index in [1.54, 1.807) is 0 Å². The number of esters is 1. The van der Waals surface area contributed by atoms with E-state index in [1.807, 2.05) is 31.2 Å². The summed E-state index contributed by atoms with van der Waals surface area (Å²) in [5.41, 5.74) is 1.78. The van der Waals surface area contributed by atoms with Crippen LogP contribution in [0.1, 0.15) is 29.4 Å². The van der Waals surface area contributed by atoms with E-state index in [-0.39, 0.29) is 12.6 Å². The lowest BCUT2D eigenvalue weighted by Gasteiger charge is -2.03. The molecule has 4 heteroatoms. The molecule has 0 spiro atoms. The van der Waals surface area contributed by atoms with E-state index in [0.29, 0.717) is 17.9 Å². The third-order valence-corrected chi connectivity index (χ3v) is 2.58. The van der Waals surface area contributed by atoms with Crippen LogP contribution < -0.4 is 0 Å². The van der Waals surface area contributed by atoms with Crippen LogP contribution in [-0.2, 0) is 11.3 Å². The van der Waals surface area contributed by atoms with Crippen LogP contribution in [-0.4, -0.2) is 22.7 Å². The monoisotopic (exact) mass is 233 g/mol. The summed E-state index contributed by atoms with van der Waals surface area (Å²) in [6.07, 6.45) is 0.780. The molecule has 0 saturated carbocycles. The number of ether oxygens (including phenoxy) is 1. The Hall–Kier alpha value is -1.81. The quantitative estimate of drug-likeness (QED) is 0.796. The van der Waals surface area contributed by atoms with Crippen molar-refractivity contribution in [3.8, 4) is 0 Å². The SMILES string of the molecule is CCCOC(=O)c1c(CO)[nH]c2ccccc12. The predicted molar refractivity (Wildman–Crippen MR) is 64.8 cm³/mol. The summed E-state index contributed by atoms with van der Waals surface area (Å²) in [6.45, 7) is 2.13.